The van der Waals surface area contributed by atoms with Crippen molar-refractivity contribution in [3.63, 3.8) is 0 Å². The summed E-state index contributed by atoms with van der Waals surface area (Å²) in [6, 6.07) is 16.5. The van der Waals surface area contributed by atoms with Gasteiger partial charge in [-0.3, -0.25) is 4.79 Å². The van der Waals surface area contributed by atoms with Gasteiger partial charge in [0.1, 0.15) is 29.4 Å². The monoisotopic (exact) mass is 512 g/mol. The Morgan fingerprint density at radius 3 is 2.43 bits per heavy atom. The summed E-state index contributed by atoms with van der Waals surface area (Å²) >= 11 is 12.1. The molecule has 0 fully saturated rings. The van der Waals surface area contributed by atoms with Crippen molar-refractivity contribution < 1.29 is 23.4 Å². The van der Waals surface area contributed by atoms with E-state index in [4.69, 9.17) is 41.8 Å². The smallest absolute Gasteiger partial charge is 0.338 e. The number of esters is 1. The molecule has 1 heterocycles. The maximum atomic E-state index is 13.1. The number of benzene rings is 3. The van der Waals surface area contributed by atoms with Crippen molar-refractivity contribution in [3.05, 3.63) is 97.8 Å². The number of hydrogen-bond donors (Lipinski definition) is 0. The summed E-state index contributed by atoms with van der Waals surface area (Å²) in [6.45, 7) is 4.16. The Labute approximate surface area is 211 Å². The molecular weight excluding hydrogens is 491 g/mol. The molecule has 0 N–H and O–H groups in total. The summed E-state index contributed by atoms with van der Waals surface area (Å²) in [4.78, 5) is 25.0. The lowest BCUT2D eigenvalue weighted by atomic mass is 10.2. The Hall–Kier alpha value is -3.48. The van der Waals surface area contributed by atoms with Gasteiger partial charge in [0.25, 0.3) is 0 Å². The lowest BCUT2D eigenvalue weighted by molar-refractivity contribution is 0.0505. The molecule has 0 unspecified atom stereocenters. The van der Waals surface area contributed by atoms with Crippen LogP contribution in [0.5, 0.6) is 17.2 Å². The van der Waals surface area contributed by atoms with E-state index in [0.29, 0.717) is 50.4 Å². The van der Waals surface area contributed by atoms with Crippen LogP contribution in [0.2, 0.25) is 10.0 Å². The van der Waals surface area contributed by atoms with Gasteiger partial charge in [0.2, 0.25) is 11.2 Å². The fourth-order valence-corrected chi connectivity index (χ4v) is 3.79. The van der Waals surface area contributed by atoms with Crippen molar-refractivity contribution in [3.8, 4) is 17.2 Å². The van der Waals surface area contributed by atoms with Crippen molar-refractivity contribution >= 4 is 40.1 Å². The molecule has 0 atom stereocenters. The summed E-state index contributed by atoms with van der Waals surface area (Å²) in [5, 5.41) is 1.40. The number of hydrogen-bond acceptors (Lipinski definition) is 6. The highest BCUT2D eigenvalue weighted by molar-refractivity contribution is 6.35. The van der Waals surface area contributed by atoms with Crippen LogP contribution in [0.4, 0.5) is 0 Å². The van der Waals surface area contributed by atoms with E-state index in [0.717, 1.165) is 12.0 Å². The largest absolute Gasteiger partial charge is 0.489 e. The Morgan fingerprint density at radius 2 is 1.71 bits per heavy atom. The highest BCUT2D eigenvalue weighted by atomic mass is 35.5. The van der Waals surface area contributed by atoms with Crippen LogP contribution in [0, 0.1) is 6.92 Å². The lowest BCUT2D eigenvalue weighted by Crippen LogP contribution is -2.08. The fraction of sp³-hybridized carbons (Fsp3) is 0.185. The summed E-state index contributed by atoms with van der Waals surface area (Å²) in [5.41, 5.74) is 1.23. The molecule has 3 aromatic carbocycles. The van der Waals surface area contributed by atoms with Gasteiger partial charge in [-0.05, 0) is 61.9 Å². The molecule has 4 aromatic rings. The van der Waals surface area contributed by atoms with Crippen molar-refractivity contribution in [2.75, 3.05) is 6.61 Å². The van der Waals surface area contributed by atoms with Crippen LogP contribution in [0.15, 0.2) is 69.9 Å². The van der Waals surface area contributed by atoms with E-state index < -0.39 is 5.97 Å². The first-order chi connectivity index (χ1) is 16.9. The third kappa shape index (κ3) is 5.78. The van der Waals surface area contributed by atoms with E-state index in [1.54, 1.807) is 67.6 Å². The quantitative estimate of drug-likeness (QED) is 0.230. The molecule has 0 aliphatic rings. The topological polar surface area (TPSA) is 75.0 Å². The number of carbonyl (C=O) groups is 1. The minimum Gasteiger partial charge on any atom is -0.489 e. The first-order valence-electron chi connectivity index (χ1n) is 10.9. The second-order valence-electron chi connectivity index (χ2n) is 7.76. The summed E-state index contributed by atoms with van der Waals surface area (Å²) in [5.74, 6) is 0.889. The zero-order valence-electron chi connectivity index (χ0n) is 19.1. The average molecular weight is 513 g/mol. The van der Waals surface area contributed by atoms with Gasteiger partial charge in [0.05, 0.1) is 17.6 Å². The molecule has 0 amide bonds. The number of fused-ring (bicyclic) bond motifs is 1. The molecule has 1 aromatic heterocycles. The van der Waals surface area contributed by atoms with Gasteiger partial charge in [0, 0.05) is 21.7 Å². The Bertz CT molecular complexity index is 1430. The molecule has 6 nitrogen and oxygen atoms in total. The fourth-order valence-electron chi connectivity index (χ4n) is 3.33. The van der Waals surface area contributed by atoms with Crippen molar-refractivity contribution in [2.45, 2.75) is 26.9 Å². The minimum atomic E-state index is -0.406. The summed E-state index contributed by atoms with van der Waals surface area (Å²) in [7, 11) is 0. The zero-order valence-corrected chi connectivity index (χ0v) is 20.6. The van der Waals surface area contributed by atoms with Gasteiger partial charge in [0.15, 0.2) is 0 Å². The Balaban J connectivity index is 1.52. The molecule has 4 rings (SSSR count). The van der Waals surface area contributed by atoms with Gasteiger partial charge in [-0.25, -0.2) is 4.79 Å². The minimum absolute atomic E-state index is 0.0698. The van der Waals surface area contributed by atoms with Crippen LogP contribution in [0.1, 0.15) is 35.0 Å². The molecule has 0 aliphatic carbocycles. The van der Waals surface area contributed by atoms with Crippen molar-refractivity contribution in [1.29, 1.82) is 0 Å². The summed E-state index contributed by atoms with van der Waals surface area (Å²) in [6.07, 6.45) is 0.744. The molecular formula is C27H22Cl2O6. The molecule has 0 spiro atoms. The van der Waals surface area contributed by atoms with E-state index >= 15 is 0 Å². The third-order valence-electron chi connectivity index (χ3n) is 5.14. The Morgan fingerprint density at radius 1 is 0.971 bits per heavy atom. The molecule has 0 radical (unpaired) electrons. The molecule has 180 valence electrons. The Kier molecular flexibility index (Phi) is 7.63. The first kappa shape index (κ1) is 24.6. The molecule has 0 saturated carbocycles. The normalized spacial score (nSPS) is 10.9. The van der Waals surface area contributed by atoms with E-state index in [2.05, 4.69) is 0 Å². The standard InChI is InChI=1S/C27H22Cl2O6/c1-3-12-32-27(31)17-5-8-20(9-6-17)35-26-16(2)34-24-14-21(10-11-22(24)25(26)30)33-15-18-4-7-19(28)13-23(18)29/h4-11,13-14H,3,12,15H2,1-2H3. The maximum Gasteiger partial charge on any atom is 0.338 e. The zero-order chi connectivity index (χ0) is 24.9. The molecule has 0 aliphatic heterocycles. The average Bonchev–Trinajstić information content (AvgIpc) is 2.84. The molecule has 8 heteroatoms. The summed E-state index contributed by atoms with van der Waals surface area (Å²) < 4.78 is 22.6. The second-order valence-corrected chi connectivity index (χ2v) is 8.60. The van der Waals surface area contributed by atoms with Gasteiger partial charge >= 0.3 is 5.97 Å². The predicted octanol–water partition coefficient (Wildman–Crippen LogP) is 7.35. The van der Waals surface area contributed by atoms with Crippen LogP contribution in [-0.2, 0) is 11.3 Å². The number of carbonyl (C=O) groups excluding carboxylic acids is 1. The van der Waals surface area contributed by atoms with Crippen LogP contribution >= 0.6 is 23.2 Å². The van der Waals surface area contributed by atoms with Gasteiger partial charge in [-0.1, -0.05) is 36.2 Å². The van der Waals surface area contributed by atoms with Crippen LogP contribution in [0.25, 0.3) is 11.0 Å². The van der Waals surface area contributed by atoms with E-state index in [1.165, 1.54) is 0 Å². The predicted molar refractivity (Wildman–Crippen MR) is 135 cm³/mol. The van der Waals surface area contributed by atoms with Gasteiger partial charge in [-0.2, -0.15) is 0 Å². The molecule has 0 bridgehead atoms. The first-order valence-corrected chi connectivity index (χ1v) is 11.7. The number of rotatable bonds is 8. The number of halogens is 2. The maximum absolute atomic E-state index is 13.1. The molecule has 0 saturated heterocycles. The SMILES string of the molecule is CCCOC(=O)c1ccc(Oc2c(C)oc3cc(OCc4ccc(Cl)cc4Cl)ccc3c2=O)cc1. The highest BCUT2D eigenvalue weighted by Crippen LogP contribution is 2.28. The van der Waals surface area contributed by atoms with E-state index in [1.807, 2.05) is 6.92 Å². The van der Waals surface area contributed by atoms with E-state index in [9.17, 15) is 9.59 Å². The van der Waals surface area contributed by atoms with Crippen molar-refractivity contribution in [2.24, 2.45) is 0 Å². The highest BCUT2D eigenvalue weighted by Gasteiger charge is 2.15. The number of ether oxygens (including phenoxy) is 3. The van der Waals surface area contributed by atoms with Gasteiger partial charge < -0.3 is 18.6 Å². The number of aryl methyl sites for hydroxylation is 1. The van der Waals surface area contributed by atoms with E-state index in [-0.39, 0.29) is 17.8 Å². The lowest BCUT2D eigenvalue weighted by Gasteiger charge is -2.11. The molecule has 35 heavy (non-hydrogen) atoms. The van der Waals surface area contributed by atoms with Gasteiger partial charge in [-0.15, -0.1) is 0 Å². The second kappa shape index (κ2) is 10.8. The van der Waals surface area contributed by atoms with Crippen LogP contribution in [0.3, 0.4) is 0 Å². The van der Waals surface area contributed by atoms with Crippen LogP contribution in [-0.4, -0.2) is 12.6 Å². The third-order valence-corrected chi connectivity index (χ3v) is 5.73. The van der Waals surface area contributed by atoms with Crippen molar-refractivity contribution in [1.82, 2.24) is 0 Å². The van der Waals surface area contributed by atoms with Crippen LogP contribution < -0.4 is 14.9 Å².